The minimum absolute atomic E-state index is 0.0575. The third-order valence-electron chi connectivity index (χ3n) is 3.26. The first-order valence-electron chi connectivity index (χ1n) is 7.59. The molecule has 25 heavy (non-hydrogen) atoms. The van der Waals surface area contributed by atoms with Crippen LogP contribution in [0, 0.1) is 6.92 Å². The second kappa shape index (κ2) is 7.93. The number of furan rings is 1. The quantitative estimate of drug-likeness (QED) is 0.570. The molecule has 2 N–H and O–H groups in total. The Kier molecular flexibility index (Phi) is 5.92. The number of ether oxygens (including phenoxy) is 1. The van der Waals surface area contributed by atoms with Crippen LogP contribution in [0.3, 0.4) is 0 Å². The van der Waals surface area contributed by atoms with Gasteiger partial charge in [-0.25, -0.2) is 9.78 Å². The summed E-state index contributed by atoms with van der Waals surface area (Å²) in [5.74, 6) is -1.81. The molecule has 1 unspecified atom stereocenters. The van der Waals surface area contributed by atoms with Gasteiger partial charge >= 0.3 is 5.97 Å². The van der Waals surface area contributed by atoms with Gasteiger partial charge in [-0.1, -0.05) is 0 Å². The third-order valence-corrected chi connectivity index (χ3v) is 4.09. The average Bonchev–Trinajstić information content (AvgIpc) is 3.18. The van der Waals surface area contributed by atoms with Gasteiger partial charge in [-0.05, 0) is 26.0 Å². The summed E-state index contributed by atoms with van der Waals surface area (Å²) in [5, 5.41) is 5.33. The van der Waals surface area contributed by atoms with E-state index in [1.807, 2.05) is 6.92 Å². The van der Waals surface area contributed by atoms with Crippen molar-refractivity contribution in [3.63, 3.8) is 0 Å². The number of hydrogen-bond donors (Lipinski definition) is 2. The van der Waals surface area contributed by atoms with Crippen LogP contribution in [0.15, 0.2) is 29.0 Å². The first kappa shape index (κ1) is 18.7. The average molecular weight is 365 g/mol. The van der Waals surface area contributed by atoms with E-state index in [-0.39, 0.29) is 13.0 Å². The number of amides is 2. The van der Waals surface area contributed by atoms with Crippen LogP contribution in [0.25, 0.3) is 0 Å². The molecule has 9 heteroatoms. The molecule has 134 valence electrons. The smallest absolute Gasteiger partial charge is 0.342 e. The largest absolute Gasteiger partial charge is 0.469 e. The van der Waals surface area contributed by atoms with Gasteiger partial charge in [0, 0.05) is 24.4 Å². The standard InChI is InChI=1S/C16H19N3O5S/c1-4-23-14(22)16(19-11(3)20,8-12-6-5-7-24-12)13(21)18-15-17-9-10(2)25-15/h5-7,9H,4,8H2,1-3H3,(H,19,20)(H,17,18,21). The zero-order valence-electron chi connectivity index (χ0n) is 14.1. The van der Waals surface area contributed by atoms with E-state index in [0.29, 0.717) is 10.9 Å². The Morgan fingerprint density at radius 3 is 2.68 bits per heavy atom. The molecule has 2 aromatic rings. The first-order chi connectivity index (χ1) is 11.9. The van der Waals surface area contributed by atoms with Crippen LogP contribution in [0.2, 0.25) is 0 Å². The zero-order valence-corrected chi connectivity index (χ0v) is 14.9. The van der Waals surface area contributed by atoms with Crippen molar-refractivity contribution in [1.29, 1.82) is 0 Å². The zero-order chi connectivity index (χ0) is 18.4. The maximum Gasteiger partial charge on any atom is 0.342 e. The van der Waals surface area contributed by atoms with Crippen LogP contribution in [0.4, 0.5) is 5.13 Å². The number of carbonyl (C=O) groups excluding carboxylic acids is 3. The number of hydrogen-bond acceptors (Lipinski definition) is 7. The van der Waals surface area contributed by atoms with Crippen LogP contribution in [-0.4, -0.2) is 34.9 Å². The topological polar surface area (TPSA) is 111 Å². The molecule has 0 bridgehead atoms. The van der Waals surface area contributed by atoms with E-state index in [4.69, 9.17) is 9.15 Å². The molecule has 2 heterocycles. The summed E-state index contributed by atoms with van der Waals surface area (Å²) in [4.78, 5) is 42.2. The highest BCUT2D eigenvalue weighted by Crippen LogP contribution is 2.22. The summed E-state index contributed by atoms with van der Waals surface area (Å²) in [7, 11) is 0. The third kappa shape index (κ3) is 4.44. The molecule has 1 atom stereocenters. The summed E-state index contributed by atoms with van der Waals surface area (Å²) < 4.78 is 10.3. The van der Waals surface area contributed by atoms with Gasteiger partial charge in [0.25, 0.3) is 5.91 Å². The fourth-order valence-corrected chi connectivity index (χ4v) is 2.90. The number of rotatable bonds is 7. The summed E-state index contributed by atoms with van der Waals surface area (Å²) in [5.41, 5.74) is -1.96. The summed E-state index contributed by atoms with van der Waals surface area (Å²) in [6.07, 6.45) is 2.83. The van der Waals surface area contributed by atoms with Gasteiger partial charge in [-0.2, -0.15) is 0 Å². The fourth-order valence-electron chi connectivity index (χ4n) is 2.24. The molecule has 2 amide bonds. The minimum atomic E-state index is -1.96. The Bertz CT molecular complexity index is 756. The number of nitrogens with zero attached hydrogens (tertiary/aromatic N) is 1. The van der Waals surface area contributed by atoms with Gasteiger partial charge in [0.1, 0.15) is 5.76 Å². The number of esters is 1. The van der Waals surface area contributed by atoms with E-state index in [9.17, 15) is 14.4 Å². The molecule has 2 rings (SSSR count). The second-order valence-corrected chi connectivity index (χ2v) is 6.53. The monoisotopic (exact) mass is 365 g/mol. The molecule has 0 saturated carbocycles. The molecular formula is C16H19N3O5S. The minimum Gasteiger partial charge on any atom is -0.469 e. The van der Waals surface area contributed by atoms with Gasteiger partial charge in [-0.3, -0.25) is 14.9 Å². The molecule has 0 spiro atoms. The Morgan fingerprint density at radius 2 is 2.16 bits per heavy atom. The summed E-state index contributed by atoms with van der Waals surface area (Å²) >= 11 is 1.25. The molecule has 0 fully saturated rings. The van der Waals surface area contributed by atoms with Crippen molar-refractivity contribution in [3.8, 4) is 0 Å². The molecule has 0 radical (unpaired) electrons. The molecule has 0 aromatic carbocycles. The molecular weight excluding hydrogens is 346 g/mol. The predicted octanol–water partition coefficient (Wildman–Crippen LogP) is 1.66. The number of anilines is 1. The number of aryl methyl sites for hydroxylation is 1. The molecule has 0 saturated heterocycles. The lowest BCUT2D eigenvalue weighted by Gasteiger charge is -2.29. The number of thiazole rings is 1. The van der Waals surface area contributed by atoms with Crippen molar-refractivity contribution < 1.29 is 23.5 Å². The normalized spacial score (nSPS) is 12.9. The number of nitrogens with one attached hydrogen (secondary N) is 2. The number of aromatic nitrogens is 1. The van der Waals surface area contributed by atoms with E-state index in [1.54, 1.807) is 25.3 Å². The molecule has 0 aliphatic rings. The lowest BCUT2D eigenvalue weighted by Crippen LogP contribution is -2.63. The van der Waals surface area contributed by atoms with E-state index < -0.39 is 23.3 Å². The Balaban J connectivity index is 2.40. The van der Waals surface area contributed by atoms with Crippen molar-refractivity contribution >= 4 is 34.3 Å². The van der Waals surface area contributed by atoms with E-state index in [0.717, 1.165) is 4.88 Å². The van der Waals surface area contributed by atoms with Crippen LogP contribution in [0.1, 0.15) is 24.5 Å². The molecule has 0 aliphatic heterocycles. The molecule has 2 aromatic heterocycles. The maximum absolute atomic E-state index is 12.9. The highest BCUT2D eigenvalue weighted by atomic mass is 32.1. The highest BCUT2D eigenvalue weighted by Gasteiger charge is 2.49. The van der Waals surface area contributed by atoms with E-state index in [2.05, 4.69) is 15.6 Å². The van der Waals surface area contributed by atoms with Gasteiger partial charge < -0.3 is 14.5 Å². The lowest BCUT2D eigenvalue weighted by atomic mass is 9.92. The summed E-state index contributed by atoms with van der Waals surface area (Å²) in [6.45, 7) is 4.73. The predicted molar refractivity (Wildman–Crippen MR) is 91.1 cm³/mol. The Morgan fingerprint density at radius 1 is 1.40 bits per heavy atom. The molecule has 8 nitrogen and oxygen atoms in total. The van der Waals surface area contributed by atoms with Gasteiger partial charge in [0.2, 0.25) is 11.4 Å². The van der Waals surface area contributed by atoms with E-state index in [1.165, 1.54) is 24.5 Å². The number of carbonyl (C=O) groups is 3. The lowest BCUT2D eigenvalue weighted by molar-refractivity contribution is -0.156. The van der Waals surface area contributed by atoms with E-state index >= 15 is 0 Å². The van der Waals surface area contributed by atoms with Crippen molar-refractivity contribution in [2.75, 3.05) is 11.9 Å². The van der Waals surface area contributed by atoms with Crippen molar-refractivity contribution in [1.82, 2.24) is 10.3 Å². The van der Waals surface area contributed by atoms with Gasteiger partial charge in [0.05, 0.1) is 12.9 Å². The van der Waals surface area contributed by atoms with Gasteiger partial charge in [-0.15, -0.1) is 11.3 Å². The SMILES string of the molecule is CCOC(=O)C(Cc1ccco1)(NC(C)=O)C(=O)Nc1ncc(C)s1. The van der Waals surface area contributed by atoms with Crippen LogP contribution < -0.4 is 10.6 Å². The van der Waals surface area contributed by atoms with Crippen molar-refractivity contribution in [2.45, 2.75) is 32.7 Å². The van der Waals surface area contributed by atoms with Crippen LogP contribution in [0.5, 0.6) is 0 Å². The van der Waals surface area contributed by atoms with Crippen molar-refractivity contribution in [2.24, 2.45) is 0 Å². The second-order valence-electron chi connectivity index (χ2n) is 5.29. The fraction of sp³-hybridized carbons (Fsp3) is 0.375. The first-order valence-corrected chi connectivity index (χ1v) is 8.41. The van der Waals surface area contributed by atoms with Crippen LogP contribution >= 0.6 is 11.3 Å². The molecule has 0 aliphatic carbocycles. The Hall–Kier alpha value is -2.68. The Labute approximate surface area is 148 Å². The highest BCUT2D eigenvalue weighted by molar-refractivity contribution is 7.15. The van der Waals surface area contributed by atoms with Crippen LogP contribution in [-0.2, 0) is 25.5 Å². The maximum atomic E-state index is 12.9. The van der Waals surface area contributed by atoms with Gasteiger partial charge in [0.15, 0.2) is 5.13 Å². The van der Waals surface area contributed by atoms with Crippen molar-refractivity contribution in [3.05, 3.63) is 35.2 Å². The summed E-state index contributed by atoms with van der Waals surface area (Å²) in [6, 6.07) is 3.23.